The molecule has 0 spiro atoms. The third-order valence-corrected chi connectivity index (χ3v) is 4.54. The number of hydrogen-bond donors (Lipinski definition) is 3. The molecule has 0 aromatic heterocycles. The number of hydrogen-bond acceptors (Lipinski definition) is 4. The Morgan fingerprint density at radius 2 is 1.81 bits per heavy atom. The maximum Gasteiger partial charge on any atom is 0.0968 e. The molecule has 1 aliphatic rings. The first-order valence-electron chi connectivity index (χ1n) is 8.15. The second-order valence-electron chi connectivity index (χ2n) is 6.28. The highest BCUT2D eigenvalue weighted by atomic mass is 16.3. The van der Waals surface area contributed by atoms with Crippen LogP contribution in [0.15, 0.2) is 30.3 Å². The number of benzene rings is 1. The van der Waals surface area contributed by atoms with Gasteiger partial charge in [-0.05, 0) is 37.2 Å². The van der Waals surface area contributed by atoms with Crippen molar-refractivity contribution in [2.45, 2.75) is 57.2 Å². The van der Waals surface area contributed by atoms with E-state index in [1.165, 1.54) is 37.7 Å². The van der Waals surface area contributed by atoms with Gasteiger partial charge < -0.3 is 10.8 Å². The number of rotatable bonds is 7. The van der Waals surface area contributed by atoms with Crippen molar-refractivity contribution in [2.24, 2.45) is 17.5 Å². The van der Waals surface area contributed by atoms with E-state index >= 15 is 0 Å². The van der Waals surface area contributed by atoms with Gasteiger partial charge in [0.2, 0.25) is 0 Å². The molecule has 0 radical (unpaired) electrons. The fourth-order valence-corrected chi connectivity index (χ4v) is 3.14. The number of hydrazine groups is 1. The zero-order valence-corrected chi connectivity index (χ0v) is 12.8. The molecule has 1 aromatic carbocycles. The number of aliphatic hydroxyl groups is 1. The van der Waals surface area contributed by atoms with Crippen LogP contribution in [0.3, 0.4) is 0 Å². The summed E-state index contributed by atoms with van der Waals surface area (Å²) < 4.78 is 0. The molecule has 0 unspecified atom stereocenters. The summed E-state index contributed by atoms with van der Waals surface area (Å²) in [4.78, 5) is 0. The summed E-state index contributed by atoms with van der Waals surface area (Å²) in [6.45, 7) is 0.795. The molecule has 0 amide bonds. The van der Waals surface area contributed by atoms with Crippen molar-refractivity contribution in [1.82, 2.24) is 5.01 Å². The van der Waals surface area contributed by atoms with Gasteiger partial charge in [0.1, 0.15) is 0 Å². The van der Waals surface area contributed by atoms with E-state index in [1.54, 1.807) is 5.01 Å². The maximum atomic E-state index is 10.2. The van der Waals surface area contributed by atoms with Crippen LogP contribution in [0.2, 0.25) is 0 Å². The summed E-state index contributed by atoms with van der Waals surface area (Å²) in [5.74, 6) is 6.70. The van der Waals surface area contributed by atoms with Gasteiger partial charge in [0.15, 0.2) is 0 Å². The second-order valence-corrected chi connectivity index (χ2v) is 6.28. The Bertz CT molecular complexity index is 392. The van der Waals surface area contributed by atoms with Gasteiger partial charge in [0.05, 0.1) is 12.3 Å². The van der Waals surface area contributed by atoms with Gasteiger partial charge in [-0.2, -0.15) is 0 Å². The minimum absolute atomic E-state index is 0.476. The second kappa shape index (κ2) is 8.49. The highest BCUT2D eigenvalue weighted by Crippen LogP contribution is 2.24. The largest absolute Gasteiger partial charge is 0.390 e. The van der Waals surface area contributed by atoms with E-state index in [-0.39, 0.29) is 0 Å². The maximum absolute atomic E-state index is 10.2. The standard InChI is InChI=1S/C17H29N3O/c18-17(20(19)13-15-9-5-2-6-10-15)16(21)12-11-14-7-3-1-4-8-14/h1,3-4,7-8,15-17,21H,2,5-6,9-13,18-19H2/t16-,17-/m0/s1. The highest BCUT2D eigenvalue weighted by Gasteiger charge is 2.23. The van der Waals surface area contributed by atoms with E-state index in [9.17, 15) is 5.11 Å². The highest BCUT2D eigenvalue weighted by molar-refractivity contribution is 5.14. The van der Waals surface area contributed by atoms with Crippen LogP contribution in [-0.2, 0) is 6.42 Å². The molecule has 1 aromatic rings. The molecule has 0 bridgehead atoms. The van der Waals surface area contributed by atoms with Crippen LogP contribution < -0.4 is 11.6 Å². The molecule has 21 heavy (non-hydrogen) atoms. The number of nitrogens with zero attached hydrogens (tertiary/aromatic N) is 1. The summed E-state index contributed by atoms with van der Waals surface area (Å²) in [7, 11) is 0. The predicted molar refractivity (Wildman–Crippen MR) is 86.2 cm³/mol. The molecule has 1 saturated carbocycles. The zero-order chi connectivity index (χ0) is 15.1. The van der Waals surface area contributed by atoms with Gasteiger partial charge in [-0.15, -0.1) is 0 Å². The van der Waals surface area contributed by atoms with Crippen LogP contribution in [0.5, 0.6) is 0 Å². The number of nitrogens with two attached hydrogens (primary N) is 2. The molecule has 0 saturated heterocycles. The first-order valence-corrected chi connectivity index (χ1v) is 8.15. The predicted octanol–water partition coefficient (Wildman–Crippen LogP) is 2.02. The van der Waals surface area contributed by atoms with E-state index in [0.717, 1.165) is 13.0 Å². The Morgan fingerprint density at radius 1 is 1.14 bits per heavy atom. The number of aryl methyl sites for hydroxylation is 1. The normalized spacial score (nSPS) is 19.6. The molecule has 1 fully saturated rings. The molecular formula is C17H29N3O. The van der Waals surface area contributed by atoms with Crippen molar-refractivity contribution in [3.63, 3.8) is 0 Å². The Morgan fingerprint density at radius 3 is 2.48 bits per heavy atom. The molecule has 4 nitrogen and oxygen atoms in total. The smallest absolute Gasteiger partial charge is 0.0968 e. The molecule has 0 heterocycles. The van der Waals surface area contributed by atoms with Crippen LogP contribution in [0.4, 0.5) is 0 Å². The molecule has 2 rings (SSSR count). The zero-order valence-electron chi connectivity index (χ0n) is 12.8. The average Bonchev–Trinajstić information content (AvgIpc) is 2.53. The summed E-state index contributed by atoms with van der Waals surface area (Å²) in [5, 5.41) is 11.9. The van der Waals surface area contributed by atoms with Gasteiger partial charge in [-0.25, -0.2) is 5.01 Å². The molecule has 118 valence electrons. The molecule has 5 N–H and O–H groups in total. The fourth-order valence-electron chi connectivity index (χ4n) is 3.14. The first kappa shape index (κ1) is 16.4. The summed E-state index contributed by atoms with van der Waals surface area (Å²) in [6.07, 6.45) is 6.81. The summed E-state index contributed by atoms with van der Waals surface area (Å²) >= 11 is 0. The minimum atomic E-state index is -0.584. The third kappa shape index (κ3) is 5.40. The van der Waals surface area contributed by atoms with Crippen molar-refractivity contribution in [3.8, 4) is 0 Å². The lowest BCUT2D eigenvalue weighted by Crippen LogP contribution is -2.55. The molecule has 1 aliphatic carbocycles. The Labute approximate surface area is 128 Å². The van der Waals surface area contributed by atoms with Crippen molar-refractivity contribution in [3.05, 3.63) is 35.9 Å². The monoisotopic (exact) mass is 291 g/mol. The molecular weight excluding hydrogens is 262 g/mol. The van der Waals surface area contributed by atoms with Gasteiger partial charge in [-0.3, -0.25) is 5.84 Å². The van der Waals surface area contributed by atoms with Gasteiger partial charge in [0.25, 0.3) is 0 Å². The number of aliphatic hydroxyl groups excluding tert-OH is 1. The van der Waals surface area contributed by atoms with Crippen molar-refractivity contribution < 1.29 is 5.11 Å². The van der Waals surface area contributed by atoms with Crippen LogP contribution in [0.1, 0.15) is 44.1 Å². The van der Waals surface area contributed by atoms with Crippen molar-refractivity contribution in [1.29, 1.82) is 0 Å². The van der Waals surface area contributed by atoms with Crippen LogP contribution in [-0.4, -0.2) is 28.9 Å². The Balaban J connectivity index is 1.73. The van der Waals surface area contributed by atoms with Crippen LogP contribution in [0, 0.1) is 5.92 Å². The van der Waals surface area contributed by atoms with Crippen molar-refractivity contribution in [2.75, 3.05) is 6.54 Å². The lowest BCUT2D eigenvalue weighted by Gasteiger charge is -2.32. The molecule has 0 aliphatic heterocycles. The van der Waals surface area contributed by atoms with Crippen molar-refractivity contribution >= 4 is 0 Å². The fraction of sp³-hybridized carbons (Fsp3) is 0.647. The quantitative estimate of drug-likeness (QED) is 0.408. The van der Waals surface area contributed by atoms with E-state index in [0.29, 0.717) is 12.3 Å². The van der Waals surface area contributed by atoms with Gasteiger partial charge in [-0.1, -0.05) is 49.6 Å². The molecule has 4 heteroatoms. The van der Waals surface area contributed by atoms with E-state index in [4.69, 9.17) is 11.6 Å². The summed E-state index contributed by atoms with van der Waals surface area (Å²) in [6, 6.07) is 10.2. The van der Waals surface area contributed by atoms with Crippen LogP contribution in [0.25, 0.3) is 0 Å². The summed E-state index contributed by atoms with van der Waals surface area (Å²) in [5.41, 5.74) is 7.31. The Kier molecular flexibility index (Phi) is 6.64. The van der Waals surface area contributed by atoms with E-state index in [2.05, 4.69) is 12.1 Å². The van der Waals surface area contributed by atoms with E-state index in [1.807, 2.05) is 18.2 Å². The third-order valence-electron chi connectivity index (χ3n) is 4.54. The van der Waals surface area contributed by atoms with Crippen LogP contribution >= 0.6 is 0 Å². The molecule has 2 atom stereocenters. The van der Waals surface area contributed by atoms with E-state index < -0.39 is 12.3 Å². The van der Waals surface area contributed by atoms with Gasteiger partial charge in [0, 0.05) is 6.54 Å². The minimum Gasteiger partial charge on any atom is -0.390 e. The van der Waals surface area contributed by atoms with Gasteiger partial charge >= 0.3 is 0 Å². The lowest BCUT2D eigenvalue weighted by molar-refractivity contribution is 0.0341. The SMILES string of the molecule is N[C@H]([C@@H](O)CCc1ccccc1)N(N)CC1CCCCC1. The lowest BCUT2D eigenvalue weighted by atomic mass is 9.89. The Hall–Kier alpha value is -0.940. The average molecular weight is 291 g/mol. The topological polar surface area (TPSA) is 75.5 Å². The first-order chi connectivity index (χ1) is 10.2.